The van der Waals surface area contributed by atoms with Crippen LogP contribution in [-0.2, 0) is 87.2 Å². The molecule has 9 fully saturated rings. The minimum atomic E-state index is -1.82. The van der Waals surface area contributed by atoms with Gasteiger partial charge in [-0.05, 0) is 134 Å². The normalized spacial score (nSPS) is 41.0. The summed E-state index contributed by atoms with van der Waals surface area (Å²) in [6.07, 6.45) is -20.4. The van der Waals surface area contributed by atoms with Gasteiger partial charge in [-0.3, -0.25) is 19.2 Å². The Morgan fingerprint density at radius 1 is 0.697 bits per heavy atom. The number of ether oxygens (including phenoxy) is 14. The number of rotatable bonds is 23. The van der Waals surface area contributed by atoms with Crippen LogP contribution < -0.4 is 10.1 Å². The molecule has 554 valence electrons. The van der Waals surface area contributed by atoms with E-state index in [-0.39, 0.29) is 77.9 Å². The Bertz CT molecular complexity index is 3160. The van der Waals surface area contributed by atoms with Gasteiger partial charge in [0.1, 0.15) is 71.3 Å². The van der Waals surface area contributed by atoms with Gasteiger partial charge in [0.25, 0.3) is 5.91 Å². The molecule has 99 heavy (non-hydrogen) atoms. The predicted octanol–water partition coefficient (Wildman–Crippen LogP) is 3.62. The highest BCUT2D eigenvalue weighted by Gasteiger charge is 2.54. The summed E-state index contributed by atoms with van der Waals surface area (Å²) >= 11 is 0. The number of ketones is 1. The molecule has 0 unspecified atom stereocenters. The van der Waals surface area contributed by atoms with E-state index in [4.69, 9.17) is 71.2 Å². The van der Waals surface area contributed by atoms with Gasteiger partial charge in [0.15, 0.2) is 49.8 Å². The highest BCUT2D eigenvalue weighted by Crippen LogP contribution is 2.54. The molecule has 5 aliphatic heterocycles. The molecule has 12 rings (SSSR count). The number of phenolic OH excluding ortho intramolecular Hbond substituents is 2. The van der Waals surface area contributed by atoms with Crippen molar-refractivity contribution in [3.05, 3.63) is 29.3 Å². The van der Waals surface area contributed by atoms with Crippen LogP contribution in [0.1, 0.15) is 149 Å². The van der Waals surface area contributed by atoms with Crippen molar-refractivity contribution in [3.8, 4) is 17.2 Å². The monoisotopic (exact) mass is 1400 g/mol. The quantitative estimate of drug-likeness (QED) is 0.0436. The molecule has 9 N–H and O–H groups in total. The fraction of sp³-hybridized carbons (Fsp3) is 0.786. The van der Waals surface area contributed by atoms with E-state index < -0.39 is 200 Å². The molecule has 29 heteroatoms. The topological polar surface area (TPSA) is 393 Å². The molecular formula is C70H102N2O27. The van der Waals surface area contributed by atoms with Gasteiger partial charge in [0.05, 0.1) is 71.8 Å². The Hall–Kier alpha value is -5.03. The first-order chi connectivity index (χ1) is 46.9. The molecule has 29 nitrogen and oxygen atoms in total. The van der Waals surface area contributed by atoms with E-state index in [1.54, 1.807) is 54.5 Å². The average Bonchev–Trinajstić information content (AvgIpc) is 0.721. The summed E-state index contributed by atoms with van der Waals surface area (Å²) < 4.78 is 86.1. The Morgan fingerprint density at radius 2 is 1.26 bits per heavy atom. The van der Waals surface area contributed by atoms with Crippen LogP contribution in [0.5, 0.6) is 17.2 Å². The molecule has 0 spiro atoms. The summed E-state index contributed by atoms with van der Waals surface area (Å²) in [5, 5.41) is 100. The molecule has 0 radical (unpaired) electrons. The minimum Gasteiger partial charge on any atom is -0.507 e. The van der Waals surface area contributed by atoms with Gasteiger partial charge in [-0.2, -0.15) is 0 Å². The standard InChI is InChI=1S/C70H102N2O27/c1-28(2)69(83)99-68-34(8)92-54(26-70(68,10)84)96-47-23-52(88-30(4)61(47)80)95-46-24-53(89-31(5)60(46)79)98-67-43(66(86-12)58(59(78)29(3)73)72-87-27-49(77)71-57-40-14-36-13-37(16-40)17-41(57)15-36)20-39-18-38-19-42(21-44(75)55(38)62(81)56(39)63(67)82)94-51-25-48(65(33(7)91-51)93-35(9)74)97-50-22-45(76)64(85-11)32(6)90-50/h18-19,21,28-34,36-37,40-41,43,45-48,50-54,57,59-61,64-68,73,75-76,78-81,84H,13-17,20,22-27H2,1-12H3,(H,71,77)/b72-58+/t29-,30+,31-,32+,33-,34-,36?,37?,40?,41?,43+,45+,46-,47+,48-,50+,51+,52-,53-,54-,57?,59+,60-,61+,64-,65+,66+,67+,68-,70-/m1/s1. The summed E-state index contributed by atoms with van der Waals surface area (Å²) in [5.74, 6) is -3.10. The van der Waals surface area contributed by atoms with Gasteiger partial charge in [0, 0.05) is 71.3 Å². The average molecular weight is 1400 g/mol. The molecule has 2 aromatic carbocycles. The molecule has 4 bridgehead atoms. The number of methoxy groups -OCH3 is 2. The number of aromatic hydroxyl groups is 2. The van der Waals surface area contributed by atoms with Gasteiger partial charge in [-0.25, -0.2) is 0 Å². The van der Waals surface area contributed by atoms with Crippen molar-refractivity contribution >= 4 is 40.1 Å². The van der Waals surface area contributed by atoms with Crippen molar-refractivity contribution in [1.29, 1.82) is 0 Å². The number of phenols is 2. The molecule has 25 atom stereocenters. The zero-order chi connectivity index (χ0) is 71.4. The Kier molecular flexibility index (Phi) is 23.6. The molecular weight excluding hydrogens is 1300 g/mol. The van der Waals surface area contributed by atoms with E-state index in [1.165, 1.54) is 53.5 Å². The van der Waals surface area contributed by atoms with Crippen LogP contribution in [0.2, 0.25) is 0 Å². The number of nitrogens with zero attached hydrogens (tertiary/aromatic N) is 1. The van der Waals surface area contributed by atoms with Gasteiger partial charge in [-0.1, -0.05) is 19.0 Å². The zero-order valence-corrected chi connectivity index (χ0v) is 58.3. The molecule has 5 aliphatic carbocycles. The lowest BCUT2D eigenvalue weighted by Crippen LogP contribution is -2.59. The number of fused-ring (bicyclic) bond motifs is 2. The molecule has 4 saturated carbocycles. The molecule has 10 aliphatic rings. The van der Waals surface area contributed by atoms with Crippen molar-refractivity contribution in [2.45, 2.75) is 293 Å². The third-order valence-corrected chi connectivity index (χ3v) is 21.6. The lowest BCUT2D eigenvalue weighted by molar-refractivity contribution is -0.334. The highest BCUT2D eigenvalue weighted by molar-refractivity contribution is 6.11. The van der Waals surface area contributed by atoms with E-state index in [1.807, 2.05) is 0 Å². The van der Waals surface area contributed by atoms with Gasteiger partial charge >= 0.3 is 11.9 Å². The number of nitrogens with one attached hydrogen (secondary N) is 1. The van der Waals surface area contributed by atoms with Crippen LogP contribution in [0.25, 0.3) is 10.8 Å². The smallest absolute Gasteiger partial charge is 0.308 e. The van der Waals surface area contributed by atoms with Gasteiger partial charge in [-0.15, -0.1) is 0 Å². The summed E-state index contributed by atoms with van der Waals surface area (Å²) in [4.78, 5) is 60.1. The van der Waals surface area contributed by atoms with Crippen LogP contribution in [0.4, 0.5) is 0 Å². The maximum absolute atomic E-state index is 15.7. The lowest BCUT2D eigenvalue weighted by atomic mass is 9.54. The molecule has 5 saturated heterocycles. The van der Waals surface area contributed by atoms with E-state index in [0.29, 0.717) is 23.7 Å². The zero-order valence-electron chi connectivity index (χ0n) is 58.3. The third-order valence-electron chi connectivity index (χ3n) is 21.6. The van der Waals surface area contributed by atoms with Crippen molar-refractivity contribution in [2.75, 3.05) is 20.8 Å². The number of Topliss-reactive ketones (excluding diaryl/α,β-unsaturated/α-hetero) is 1. The number of carbonyl (C=O) groups excluding carboxylic acids is 4. The maximum Gasteiger partial charge on any atom is 0.308 e. The van der Waals surface area contributed by atoms with Gasteiger partial charge < -0.3 is 117 Å². The fourth-order valence-electron chi connectivity index (χ4n) is 17.0. The van der Waals surface area contributed by atoms with Crippen molar-refractivity contribution < 1.29 is 131 Å². The van der Waals surface area contributed by atoms with Crippen LogP contribution in [-0.4, -0.2) is 244 Å². The molecule has 0 aromatic heterocycles. The number of amides is 1. The number of aliphatic hydroxyl groups is 6. The van der Waals surface area contributed by atoms with Crippen molar-refractivity contribution in [2.24, 2.45) is 40.7 Å². The van der Waals surface area contributed by atoms with E-state index in [0.717, 1.165) is 25.7 Å². The Morgan fingerprint density at radius 3 is 1.85 bits per heavy atom. The molecule has 2 aromatic rings. The fourth-order valence-corrected chi connectivity index (χ4v) is 17.0. The van der Waals surface area contributed by atoms with E-state index in [2.05, 4.69) is 10.5 Å². The number of benzene rings is 2. The van der Waals surface area contributed by atoms with Crippen LogP contribution in [0.3, 0.4) is 0 Å². The van der Waals surface area contributed by atoms with Gasteiger partial charge in [0.2, 0.25) is 6.29 Å². The van der Waals surface area contributed by atoms with E-state index >= 15 is 4.79 Å². The first kappa shape index (κ1) is 75.1. The SMILES string of the molecule is CO[C@@H]1[C@H](C)O[C@@H](O[C@@H]2C[C@H](Oc3cc(O)c4c(O)c5c(cc4c3)C[C@@H]([C@H](OC)/C(=N/OCC(=O)NC3C4CC6CC(C4)CC3C6)[C@@H](O)[C@@H](C)O)[C@H](O[C@@H]3C[C@@H](O[C@@H]4C[C@H](O[C@@H]6C[C@@](C)(O)[C@H](OC(=O)C(C)C)[C@@H](C)O6)[C@@H](O)[C@H](C)O4)[C@H](O)[C@@H](C)O3)C5=O)O[C@H](C)[C@@H]2OC(C)=O)C[C@@H]1O. The number of aliphatic hydroxyl groups excluding tert-OH is 5. The Labute approximate surface area is 575 Å². The van der Waals surface area contributed by atoms with Crippen LogP contribution in [0, 0.1) is 35.5 Å². The molecule has 1 amide bonds. The van der Waals surface area contributed by atoms with E-state index in [9.17, 15) is 55.2 Å². The first-order valence-corrected chi connectivity index (χ1v) is 35.0. The number of carbonyl (C=O) groups is 4. The largest absolute Gasteiger partial charge is 0.507 e. The predicted molar refractivity (Wildman–Crippen MR) is 344 cm³/mol. The maximum atomic E-state index is 15.7. The van der Waals surface area contributed by atoms with Crippen LogP contribution >= 0.6 is 0 Å². The summed E-state index contributed by atoms with van der Waals surface area (Å²) in [6.45, 7) is 15.1. The second-order valence-electron chi connectivity index (χ2n) is 29.6. The third kappa shape index (κ3) is 16.5. The second kappa shape index (κ2) is 31.1. The minimum absolute atomic E-state index is 0.0149. The molecule has 5 heterocycles. The summed E-state index contributed by atoms with van der Waals surface area (Å²) in [6, 6.07) is 4.29. The number of hydrogen-bond acceptors (Lipinski definition) is 28. The number of esters is 2. The Balaban J connectivity index is 0.861. The van der Waals surface area contributed by atoms with Crippen molar-refractivity contribution in [3.63, 3.8) is 0 Å². The highest BCUT2D eigenvalue weighted by atomic mass is 16.7. The summed E-state index contributed by atoms with van der Waals surface area (Å²) in [5.41, 5.74) is -1.94. The van der Waals surface area contributed by atoms with Crippen LogP contribution in [0.15, 0.2) is 23.4 Å². The van der Waals surface area contributed by atoms with Crippen molar-refractivity contribution in [1.82, 2.24) is 5.32 Å². The lowest BCUT2D eigenvalue weighted by Gasteiger charge is -2.54. The second-order valence-corrected chi connectivity index (χ2v) is 29.6. The summed E-state index contributed by atoms with van der Waals surface area (Å²) in [7, 11) is 2.76. The number of oxime groups is 1. The number of hydrogen-bond donors (Lipinski definition) is 9. The first-order valence-electron chi connectivity index (χ1n) is 35.0.